The number of halogens is 3. The van der Waals surface area contributed by atoms with Crippen molar-refractivity contribution in [2.45, 2.75) is 45.3 Å². The summed E-state index contributed by atoms with van der Waals surface area (Å²) in [6, 6.07) is 17.5. The van der Waals surface area contributed by atoms with Gasteiger partial charge in [-0.25, -0.2) is 4.79 Å². The second-order valence-electron chi connectivity index (χ2n) is 8.95. The average molecular weight is 532 g/mol. The number of aromatic nitrogens is 1. The zero-order chi connectivity index (χ0) is 27.9. The van der Waals surface area contributed by atoms with E-state index in [1.165, 1.54) is 26.1 Å². The molecule has 0 aliphatic heterocycles. The molecule has 1 heterocycles. The summed E-state index contributed by atoms with van der Waals surface area (Å²) in [5.41, 5.74) is 0.902. The van der Waals surface area contributed by atoms with Gasteiger partial charge in [0.25, 0.3) is 5.56 Å². The topological polar surface area (TPSA) is 110 Å². The van der Waals surface area contributed by atoms with Gasteiger partial charge in [0, 0.05) is 11.8 Å². The standard InChI is InChI=1S/C27H28F3N3O5/c1-17(2)23(24(35)27(28,29)30)32-22(34)15-33-14-20(19-11-7-4-8-12-19)13-21(25(33)36)31-26(37)38-16-18-9-5-3-6-10-18/h3-14,17,23-24,35H,15-16H2,1-2H3,(H,31,37)(H,32,34). The van der Waals surface area contributed by atoms with Gasteiger partial charge in [0.1, 0.15) is 18.8 Å². The number of aliphatic hydroxyl groups is 1. The zero-order valence-corrected chi connectivity index (χ0v) is 20.7. The van der Waals surface area contributed by atoms with E-state index < -0.39 is 48.3 Å². The van der Waals surface area contributed by atoms with Crippen molar-refractivity contribution in [3.63, 3.8) is 0 Å². The number of alkyl halides is 3. The number of rotatable bonds is 9. The number of aliphatic hydroxyl groups excluding tert-OH is 1. The molecule has 3 aromatic rings. The lowest BCUT2D eigenvalue weighted by Crippen LogP contribution is -2.53. The molecule has 2 aromatic carbocycles. The Morgan fingerprint density at radius 2 is 1.61 bits per heavy atom. The summed E-state index contributed by atoms with van der Waals surface area (Å²) in [5.74, 6) is -1.67. The Balaban J connectivity index is 1.85. The number of benzene rings is 2. The van der Waals surface area contributed by atoms with Crippen LogP contribution >= 0.6 is 0 Å². The number of hydrogen-bond donors (Lipinski definition) is 3. The number of nitrogens with zero attached hydrogens (tertiary/aromatic N) is 1. The summed E-state index contributed by atoms with van der Waals surface area (Å²) < 4.78 is 45.4. The van der Waals surface area contributed by atoms with E-state index in [4.69, 9.17) is 4.74 Å². The predicted octanol–water partition coefficient (Wildman–Crippen LogP) is 4.33. The van der Waals surface area contributed by atoms with Crippen LogP contribution in [-0.4, -0.2) is 40.0 Å². The van der Waals surface area contributed by atoms with Crippen molar-refractivity contribution in [2.75, 3.05) is 5.32 Å². The lowest BCUT2D eigenvalue weighted by Gasteiger charge is -2.29. The molecule has 38 heavy (non-hydrogen) atoms. The molecule has 0 saturated carbocycles. The molecule has 0 fully saturated rings. The summed E-state index contributed by atoms with van der Waals surface area (Å²) in [6.07, 6.45) is -7.26. The van der Waals surface area contributed by atoms with Crippen molar-refractivity contribution in [3.05, 3.63) is 88.8 Å². The van der Waals surface area contributed by atoms with Crippen LogP contribution in [0.2, 0.25) is 0 Å². The third-order valence-electron chi connectivity index (χ3n) is 5.68. The van der Waals surface area contributed by atoms with E-state index >= 15 is 0 Å². The molecule has 0 bridgehead atoms. The molecule has 0 aliphatic carbocycles. The van der Waals surface area contributed by atoms with Crippen LogP contribution in [0.25, 0.3) is 11.1 Å². The minimum Gasteiger partial charge on any atom is -0.444 e. The van der Waals surface area contributed by atoms with E-state index in [0.29, 0.717) is 11.1 Å². The van der Waals surface area contributed by atoms with Crippen LogP contribution in [0.3, 0.4) is 0 Å². The zero-order valence-electron chi connectivity index (χ0n) is 20.7. The fourth-order valence-electron chi connectivity index (χ4n) is 3.70. The number of pyridine rings is 1. The van der Waals surface area contributed by atoms with E-state index in [1.807, 2.05) is 6.07 Å². The summed E-state index contributed by atoms with van der Waals surface area (Å²) in [5, 5.41) is 14.2. The fraction of sp³-hybridized carbons (Fsp3) is 0.296. The molecule has 2 amide bonds. The molecule has 0 spiro atoms. The Hall–Kier alpha value is -4.12. The van der Waals surface area contributed by atoms with Gasteiger partial charge in [-0.3, -0.25) is 14.9 Å². The first kappa shape index (κ1) is 28.5. The molecule has 0 aliphatic rings. The van der Waals surface area contributed by atoms with E-state index in [9.17, 15) is 32.7 Å². The van der Waals surface area contributed by atoms with Crippen LogP contribution in [0.1, 0.15) is 19.4 Å². The normalized spacial score (nSPS) is 13.0. The smallest absolute Gasteiger partial charge is 0.416 e. The maximum atomic E-state index is 13.1. The third-order valence-corrected chi connectivity index (χ3v) is 5.68. The molecule has 0 radical (unpaired) electrons. The Morgan fingerprint density at radius 3 is 2.18 bits per heavy atom. The molecule has 1 aromatic heterocycles. The number of anilines is 1. The van der Waals surface area contributed by atoms with Crippen molar-refractivity contribution in [2.24, 2.45) is 5.92 Å². The Labute approximate surface area is 217 Å². The van der Waals surface area contributed by atoms with Crippen LogP contribution in [0.5, 0.6) is 0 Å². The molecule has 202 valence electrons. The van der Waals surface area contributed by atoms with Gasteiger partial charge in [-0.15, -0.1) is 0 Å². The van der Waals surface area contributed by atoms with Crippen LogP contribution in [0.4, 0.5) is 23.7 Å². The van der Waals surface area contributed by atoms with E-state index in [-0.39, 0.29) is 12.3 Å². The molecule has 3 N–H and O–H groups in total. The highest BCUT2D eigenvalue weighted by molar-refractivity contribution is 5.85. The molecule has 8 nitrogen and oxygen atoms in total. The van der Waals surface area contributed by atoms with Gasteiger partial charge >= 0.3 is 12.3 Å². The number of amides is 2. The summed E-state index contributed by atoms with van der Waals surface area (Å²) in [4.78, 5) is 38.2. The van der Waals surface area contributed by atoms with Gasteiger partial charge in [-0.2, -0.15) is 13.2 Å². The second kappa shape index (κ2) is 12.4. The highest BCUT2D eigenvalue weighted by Gasteiger charge is 2.45. The van der Waals surface area contributed by atoms with Gasteiger partial charge in [0.2, 0.25) is 5.91 Å². The van der Waals surface area contributed by atoms with Crippen molar-refractivity contribution in [3.8, 4) is 11.1 Å². The van der Waals surface area contributed by atoms with Gasteiger partial charge in [0.15, 0.2) is 6.10 Å². The minimum absolute atomic E-state index is 0.0419. The first-order chi connectivity index (χ1) is 18.0. The fourth-order valence-corrected chi connectivity index (χ4v) is 3.70. The molecule has 3 rings (SSSR count). The van der Waals surface area contributed by atoms with Crippen LogP contribution in [0, 0.1) is 5.92 Å². The van der Waals surface area contributed by atoms with Gasteiger partial charge < -0.3 is 19.7 Å². The number of nitrogens with one attached hydrogen (secondary N) is 2. The number of ether oxygens (including phenoxy) is 1. The summed E-state index contributed by atoms with van der Waals surface area (Å²) in [7, 11) is 0. The first-order valence-electron chi connectivity index (χ1n) is 11.8. The number of carbonyl (C=O) groups excluding carboxylic acids is 2. The number of carbonyl (C=O) groups is 2. The van der Waals surface area contributed by atoms with Crippen LogP contribution in [-0.2, 0) is 22.7 Å². The first-order valence-corrected chi connectivity index (χ1v) is 11.8. The van der Waals surface area contributed by atoms with Gasteiger partial charge in [-0.05, 0) is 23.1 Å². The van der Waals surface area contributed by atoms with Gasteiger partial charge in [0.05, 0.1) is 6.04 Å². The SMILES string of the molecule is CC(C)C(NC(=O)Cn1cc(-c2ccccc2)cc(NC(=O)OCc2ccccc2)c1=O)C(O)C(F)(F)F. The quantitative estimate of drug-likeness (QED) is 0.381. The summed E-state index contributed by atoms with van der Waals surface area (Å²) >= 11 is 0. The average Bonchev–Trinajstić information content (AvgIpc) is 2.88. The Kier molecular flexibility index (Phi) is 9.30. The highest BCUT2D eigenvalue weighted by Crippen LogP contribution is 2.25. The van der Waals surface area contributed by atoms with Crippen molar-refractivity contribution in [1.29, 1.82) is 0 Å². The maximum absolute atomic E-state index is 13.1. The molecule has 2 unspecified atom stereocenters. The lowest BCUT2D eigenvalue weighted by atomic mass is 9.98. The van der Waals surface area contributed by atoms with Crippen molar-refractivity contribution >= 4 is 17.7 Å². The molecular weight excluding hydrogens is 503 g/mol. The molecule has 11 heteroatoms. The van der Waals surface area contributed by atoms with Crippen molar-refractivity contribution in [1.82, 2.24) is 9.88 Å². The highest BCUT2D eigenvalue weighted by atomic mass is 19.4. The predicted molar refractivity (Wildman–Crippen MR) is 135 cm³/mol. The number of hydrogen-bond acceptors (Lipinski definition) is 5. The van der Waals surface area contributed by atoms with E-state index in [2.05, 4.69) is 10.6 Å². The van der Waals surface area contributed by atoms with Crippen LogP contribution < -0.4 is 16.2 Å². The second-order valence-corrected chi connectivity index (χ2v) is 8.95. The summed E-state index contributed by atoms with van der Waals surface area (Å²) in [6.45, 7) is 2.15. The van der Waals surface area contributed by atoms with Crippen molar-refractivity contribution < 1.29 is 32.6 Å². The maximum Gasteiger partial charge on any atom is 0.416 e. The Bertz CT molecular complexity index is 1290. The van der Waals surface area contributed by atoms with E-state index in [0.717, 1.165) is 10.1 Å². The Morgan fingerprint density at radius 1 is 1.00 bits per heavy atom. The largest absolute Gasteiger partial charge is 0.444 e. The molecule has 0 saturated heterocycles. The van der Waals surface area contributed by atoms with Crippen LogP contribution in [0.15, 0.2) is 77.7 Å². The minimum atomic E-state index is -4.94. The van der Waals surface area contributed by atoms with E-state index in [1.54, 1.807) is 54.6 Å². The third kappa shape index (κ3) is 7.69. The van der Waals surface area contributed by atoms with Gasteiger partial charge in [-0.1, -0.05) is 74.5 Å². The lowest BCUT2D eigenvalue weighted by molar-refractivity contribution is -0.215. The molecule has 2 atom stereocenters. The molecular formula is C27H28F3N3O5. The monoisotopic (exact) mass is 531 g/mol.